The number of rotatable bonds is 5. The number of amides is 2. The predicted molar refractivity (Wildman–Crippen MR) is 103 cm³/mol. The van der Waals surface area contributed by atoms with Gasteiger partial charge in [0.1, 0.15) is 6.54 Å². The van der Waals surface area contributed by atoms with Gasteiger partial charge < -0.3 is 19.7 Å². The number of hydrogen-bond donors (Lipinski definition) is 1. The molecule has 1 aliphatic rings. The lowest BCUT2D eigenvalue weighted by Gasteiger charge is -2.25. The zero-order valence-corrected chi connectivity index (χ0v) is 16.1. The van der Waals surface area contributed by atoms with Crippen LogP contribution >= 0.6 is 0 Å². The van der Waals surface area contributed by atoms with Gasteiger partial charge in [-0.2, -0.15) is 0 Å². The van der Waals surface area contributed by atoms with Gasteiger partial charge in [-0.1, -0.05) is 23.8 Å². The Hall–Kier alpha value is -3.02. The van der Waals surface area contributed by atoms with Crippen LogP contribution in [-0.2, 0) is 16.1 Å². The summed E-state index contributed by atoms with van der Waals surface area (Å²) in [5.41, 5.74) is 4.79. The first kappa shape index (κ1) is 18.8. The number of aryl methyl sites for hydroxylation is 3. The highest BCUT2D eigenvalue weighted by atomic mass is 16.7. The Labute approximate surface area is 159 Å². The first-order valence-corrected chi connectivity index (χ1v) is 8.86. The van der Waals surface area contributed by atoms with Crippen molar-refractivity contribution in [1.29, 1.82) is 0 Å². The zero-order valence-electron chi connectivity index (χ0n) is 16.1. The molecular weight excluding hydrogens is 344 g/mol. The lowest BCUT2D eigenvalue weighted by Crippen LogP contribution is -2.40. The number of carbonyl (C=O) groups excluding carboxylic acids is 2. The van der Waals surface area contributed by atoms with Crippen molar-refractivity contribution in [2.24, 2.45) is 0 Å². The predicted octanol–water partition coefficient (Wildman–Crippen LogP) is 3.01. The summed E-state index contributed by atoms with van der Waals surface area (Å²) in [7, 11) is 0. The normalized spacial score (nSPS) is 12.0. The first-order chi connectivity index (χ1) is 12.8. The van der Waals surface area contributed by atoms with Crippen molar-refractivity contribution < 1.29 is 19.1 Å². The van der Waals surface area contributed by atoms with Gasteiger partial charge in [-0.3, -0.25) is 9.59 Å². The van der Waals surface area contributed by atoms with Crippen LogP contribution in [0.5, 0.6) is 11.5 Å². The molecule has 0 fully saturated rings. The van der Waals surface area contributed by atoms with E-state index in [1.54, 1.807) is 0 Å². The molecule has 0 saturated heterocycles. The van der Waals surface area contributed by atoms with Gasteiger partial charge in [0.2, 0.25) is 18.6 Å². The van der Waals surface area contributed by atoms with Gasteiger partial charge in [-0.15, -0.1) is 0 Å². The minimum absolute atomic E-state index is 0.0232. The van der Waals surface area contributed by atoms with E-state index in [1.807, 2.05) is 51.1 Å². The SMILES string of the molecule is CC(=O)N(CC(=O)NCc1ccc2c(c1)OCO2)c1c(C)cc(C)cc1C. The molecule has 27 heavy (non-hydrogen) atoms. The van der Waals surface area contributed by atoms with Crippen LogP contribution in [0.15, 0.2) is 30.3 Å². The molecular formula is C21H24N2O4. The number of carbonyl (C=O) groups is 2. The summed E-state index contributed by atoms with van der Waals surface area (Å²) in [5, 5.41) is 2.87. The van der Waals surface area contributed by atoms with Crippen LogP contribution in [0.4, 0.5) is 5.69 Å². The topological polar surface area (TPSA) is 67.9 Å². The Bertz CT molecular complexity index is 869. The van der Waals surface area contributed by atoms with E-state index < -0.39 is 0 Å². The third kappa shape index (κ3) is 4.22. The van der Waals surface area contributed by atoms with Crippen LogP contribution in [0, 0.1) is 20.8 Å². The Morgan fingerprint density at radius 3 is 2.37 bits per heavy atom. The molecule has 2 aromatic carbocycles. The fraction of sp³-hybridized carbons (Fsp3) is 0.333. The maximum atomic E-state index is 12.5. The molecule has 0 unspecified atom stereocenters. The van der Waals surface area contributed by atoms with E-state index in [2.05, 4.69) is 5.32 Å². The number of hydrogen-bond acceptors (Lipinski definition) is 4. The highest BCUT2D eigenvalue weighted by Crippen LogP contribution is 2.32. The quantitative estimate of drug-likeness (QED) is 0.881. The molecule has 0 atom stereocenters. The van der Waals surface area contributed by atoms with Crippen LogP contribution in [-0.4, -0.2) is 25.2 Å². The Kier molecular flexibility index (Phi) is 5.35. The molecule has 0 aliphatic carbocycles. The maximum absolute atomic E-state index is 12.5. The average molecular weight is 368 g/mol. The summed E-state index contributed by atoms with van der Waals surface area (Å²) in [5.74, 6) is 1.00. The Morgan fingerprint density at radius 2 is 1.70 bits per heavy atom. The van der Waals surface area contributed by atoms with Crippen molar-refractivity contribution in [2.45, 2.75) is 34.2 Å². The molecule has 3 rings (SSSR count). The van der Waals surface area contributed by atoms with Gasteiger partial charge in [0.05, 0.1) is 5.69 Å². The number of anilines is 1. The lowest BCUT2D eigenvalue weighted by molar-refractivity contribution is -0.123. The summed E-state index contributed by atoms with van der Waals surface area (Å²) < 4.78 is 10.6. The van der Waals surface area contributed by atoms with E-state index in [9.17, 15) is 9.59 Å². The highest BCUT2D eigenvalue weighted by Gasteiger charge is 2.20. The second-order valence-electron chi connectivity index (χ2n) is 6.82. The second kappa shape index (κ2) is 7.70. The monoisotopic (exact) mass is 368 g/mol. The zero-order chi connectivity index (χ0) is 19.6. The van der Waals surface area contributed by atoms with Crippen molar-refractivity contribution in [3.05, 3.63) is 52.6 Å². The molecule has 0 spiro atoms. The van der Waals surface area contributed by atoms with E-state index >= 15 is 0 Å². The molecule has 6 nitrogen and oxygen atoms in total. The molecule has 1 N–H and O–H groups in total. The summed E-state index contributed by atoms with van der Waals surface area (Å²) in [6, 6.07) is 9.58. The molecule has 0 saturated carbocycles. The highest BCUT2D eigenvalue weighted by molar-refractivity contribution is 5.98. The lowest BCUT2D eigenvalue weighted by atomic mass is 10.0. The third-order valence-corrected chi connectivity index (χ3v) is 4.51. The van der Waals surface area contributed by atoms with Gasteiger partial charge in [0.25, 0.3) is 0 Å². The molecule has 6 heteroatoms. The van der Waals surface area contributed by atoms with Crippen molar-refractivity contribution >= 4 is 17.5 Å². The van der Waals surface area contributed by atoms with E-state index in [4.69, 9.17) is 9.47 Å². The van der Waals surface area contributed by atoms with E-state index in [0.29, 0.717) is 18.0 Å². The minimum atomic E-state index is -0.220. The Balaban J connectivity index is 1.68. The van der Waals surface area contributed by atoms with E-state index in [1.165, 1.54) is 11.8 Å². The maximum Gasteiger partial charge on any atom is 0.240 e. The van der Waals surface area contributed by atoms with Crippen LogP contribution in [0.1, 0.15) is 29.2 Å². The fourth-order valence-electron chi connectivity index (χ4n) is 3.40. The van der Waals surface area contributed by atoms with Crippen molar-refractivity contribution in [3.63, 3.8) is 0 Å². The molecule has 0 bridgehead atoms. The van der Waals surface area contributed by atoms with E-state index in [-0.39, 0.29) is 25.2 Å². The smallest absolute Gasteiger partial charge is 0.240 e. The first-order valence-electron chi connectivity index (χ1n) is 8.86. The summed E-state index contributed by atoms with van der Waals surface area (Å²) in [4.78, 5) is 26.2. The van der Waals surface area contributed by atoms with Gasteiger partial charge in [-0.25, -0.2) is 0 Å². The van der Waals surface area contributed by atoms with Crippen molar-refractivity contribution in [1.82, 2.24) is 5.32 Å². The molecule has 2 aromatic rings. The molecule has 2 amide bonds. The van der Waals surface area contributed by atoms with Gasteiger partial charge in [0.15, 0.2) is 11.5 Å². The fourth-order valence-corrected chi connectivity index (χ4v) is 3.40. The third-order valence-electron chi connectivity index (χ3n) is 4.51. The number of benzene rings is 2. The van der Waals surface area contributed by atoms with Crippen molar-refractivity contribution in [2.75, 3.05) is 18.2 Å². The standard InChI is InChI=1S/C21H24N2O4/c1-13-7-14(2)21(15(3)8-13)23(16(4)24)11-20(25)22-10-17-5-6-18-19(9-17)27-12-26-18/h5-9H,10-12H2,1-4H3,(H,22,25). The summed E-state index contributed by atoms with van der Waals surface area (Å²) in [6.07, 6.45) is 0. The molecule has 0 radical (unpaired) electrons. The molecule has 1 heterocycles. The van der Waals surface area contributed by atoms with Crippen LogP contribution in [0.3, 0.4) is 0 Å². The van der Waals surface area contributed by atoms with Crippen LogP contribution < -0.4 is 19.7 Å². The van der Waals surface area contributed by atoms with Gasteiger partial charge in [0, 0.05) is 13.5 Å². The van der Waals surface area contributed by atoms with Gasteiger partial charge in [-0.05, 0) is 49.6 Å². The van der Waals surface area contributed by atoms with Crippen molar-refractivity contribution in [3.8, 4) is 11.5 Å². The number of ether oxygens (including phenoxy) is 2. The average Bonchev–Trinajstić information content (AvgIpc) is 3.05. The van der Waals surface area contributed by atoms with Crippen LogP contribution in [0.2, 0.25) is 0 Å². The summed E-state index contributed by atoms with van der Waals surface area (Å²) in [6.45, 7) is 7.95. The van der Waals surface area contributed by atoms with Gasteiger partial charge >= 0.3 is 0 Å². The Morgan fingerprint density at radius 1 is 1.04 bits per heavy atom. The van der Waals surface area contributed by atoms with Crippen LogP contribution in [0.25, 0.3) is 0 Å². The second-order valence-corrected chi connectivity index (χ2v) is 6.82. The van der Waals surface area contributed by atoms with E-state index in [0.717, 1.165) is 27.9 Å². The number of fused-ring (bicyclic) bond motifs is 1. The number of nitrogens with one attached hydrogen (secondary N) is 1. The molecule has 142 valence electrons. The largest absolute Gasteiger partial charge is 0.454 e. The molecule has 0 aromatic heterocycles. The molecule has 1 aliphatic heterocycles. The number of nitrogens with zero attached hydrogens (tertiary/aromatic N) is 1. The minimum Gasteiger partial charge on any atom is -0.454 e. The summed E-state index contributed by atoms with van der Waals surface area (Å²) >= 11 is 0.